The van der Waals surface area contributed by atoms with Crippen molar-refractivity contribution < 1.29 is 13.2 Å². The number of nitrogens with one attached hydrogen (secondary N) is 3. The van der Waals surface area contributed by atoms with Gasteiger partial charge in [-0.05, 0) is 36.8 Å². The summed E-state index contributed by atoms with van der Waals surface area (Å²) in [4.78, 5) is 12.6. The summed E-state index contributed by atoms with van der Waals surface area (Å²) in [6.07, 6.45) is 2.01. The third-order valence-electron chi connectivity index (χ3n) is 4.77. The van der Waals surface area contributed by atoms with Crippen LogP contribution in [0.1, 0.15) is 33.6 Å². The van der Waals surface area contributed by atoms with Crippen molar-refractivity contribution in [3.05, 3.63) is 47.5 Å². The Morgan fingerprint density at radius 1 is 0.968 bits per heavy atom. The fraction of sp³-hybridized carbons (Fsp3) is 0.409. The Kier molecular flexibility index (Phi) is 9.61. The third-order valence-corrected chi connectivity index (χ3v) is 7.14. The van der Waals surface area contributed by atoms with Gasteiger partial charge in [0.1, 0.15) is 0 Å². The molecule has 0 fully saturated rings. The van der Waals surface area contributed by atoms with Crippen LogP contribution in [-0.2, 0) is 14.8 Å². The van der Waals surface area contributed by atoms with Crippen molar-refractivity contribution >= 4 is 44.6 Å². The summed E-state index contributed by atoms with van der Waals surface area (Å²) in [5.74, 6) is -0.287. The third kappa shape index (κ3) is 6.85. The number of unbranched alkanes of at least 4 members (excludes halogenated alkanes) is 1. The highest BCUT2D eigenvalue weighted by Gasteiger charge is 2.22. The Morgan fingerprint density at radius 3 is 2.32 bits per heavy atom. The Hall–Kier alpha value is -2.29. The maximum absolute atomic E-state index is 12.9. The molecule has 0 aliphatic carbocycles. The maximum atomic E-state index is 12.9. The average Bonchev–Trinajstić information content (AvgIpc) is 2.75. The van der Waals surface area contributed by atoms with E-state index in [2.05, 4.69) is 22.9 Å². The Bertz CT molecular complexity index is 978. The molecule has 0 radical (unpaired) electrons. The van der Waals surface area contributed by atoms with Crippen LogP contribution in [0, 0.1) is 0 Å². The molecular formula is C22H31ClN4O3S. The molecule has 2 aromatic rings. The average molecular weight is 467 g/mol. The number of sulfonamides is 1. The fourth-order valence-electron chi connectivity index (χ4n) is 3.03. The zero-order chi connectivity index (χ0) is 22.9. The minimum atomic E-state index is -3.61. The number of halogens is 1. The van der Waals surface area contributed by atoms with Gasteiger partial charge >= 0.3 is 0 Å². The zero-order valence-corrected chi connectivity index (χ0v) is 19.8. The quantitative estimate of drug-likeness (QED) is 0.396. The molecule has 0 aliphatic heterocycles. The van der Waals surface area contributed by atoms with Gasteiger partial charge in [-0.25, -0.2) is 8.42 Å². The second-order valence-corrected chi connectivity index (χ2v) is 9.30. The van der Waals surface area contributed by atoms with Crippen molar-refractivity contribution in [1.29, 1.82) is 0 Å². The molecule has 0 saturated carbocycles. The lowest BCUT2D eigenvalue weighted by Crippen LogP contribution is -2.30. The first-order chi connectivity index (χ1) is 14.8. The molecule has 0 spiro atoms. The molecule has 1 amide bonds. The number of benzene rings is 2. The monoisotopic (exact) mass is 466 g/mol. The molecule has 0 saturated heterocycles. The number of para-hydroxylation sites is 1. The normalized spacial score (nSPS) is 11.4. The summed E-state index contributed by atoms with van der Waals surface area (Å²) in [5, 5.41) is 9.58. The predicted molar refractivity (Wildman–Crippen MR) is 129 cm³/mol. The molecule has 0 heterocycles. The van der Waals surface area contributed by atoms with Crippen molar-refractivity contribution in [2.24, 2.45) is 0 Å². The maximum Gasteiger partial charge on any atom is 0.243 e. The van der Waals surface area contributed by atoms with E-state index in [1.165, 1.54) is 4.31 Å². The van der Waals surface area contributed by atoms with Crippen molar-refractivity contribution in [3.8, 4) is 0 Å². The summed E-state index contributed by atoms with van der Waals surface area (Å²) in [7, 11) is -3.61. The summed E-state index contributed by atoms with van der Waals surface area (Å²) in [6, 6.07) is 11.9. The molecule has 2 aromatic carbocycles. The number of anilines is 3. The molecule has 2 rings (SSSR count). The van der Waals surface area contributed by atoms with Crippen LogP contribution in [-0.4, -0.2) is 44.8 Å². The number of rotatable bonds is 12. The number of carbonyl (C=O) groups is 1. The van der Waals surface area contributed by atoms with Crippen molar-refractivity contribution in [3.63, 3.8) is 0 Å². The molecule has 0 unspecified atom stereocenters. The van der Waals surface area contributed by atoms with Gasteiger partial charge in [0.2, 0.25) is 15.9 Å². The molecule has 3 N–H and O–H groups in total. The van der Waals surface area contributed by atoms with E-state index in [0.29, 0.717) is 29.5 Å². The second-order valence-electron chi connectivity index (χ2n) is 6.96. The van der Waals surface area contributed by atoms with Crippen LogP contribution in [0.15, 0.2) is 47.4 Å². The van der Waals surface area contributed by atoms with Crippen LogP contribution in [0.5, 0.6) is 0 Å². The smallest absolute Gasteiger partial charge is 0.243 e. The van der Waals surface area contributed by atoms with E-state index in [4.69, 9.17) is 11.6 Å². The molecule has 0 bridgehead atoms. The second kappa shape index (κ2) is 11.9. The lowest BCUT2D eigenvalue weighted by molar-refractivity contribution is -0.114. The number of hydrogen-bond donors (Lipinski definition) is 3. The van der Waals surface area contributed by atoms with E-state index in [1.54, 1.807) is 56.3 Å². The summed E-state index contributed by atoms with van der Waals surface area (Å²) in [5.41, 5.74) is 1.83. The minimum Gasteiger partial charge on any atom is -0.383 e. The Balaban J connectivity index is 2.22. The van der Waals surface area contributed by atoms with Crippen LogP contribution in [0.4, 0.5) is 17.1 Å². The van der Waals surface area contributed by atoms with Crippen LogP contribution in [0.2, 0.25) is 5.02 Å². The molecule has 0 atom stereocenters. The lowest BCUT2D eigenvalue weighted by atomic mass is 10.2. The molecule has 9 heteroatoms. The van der Waals surface area contributed by atoms with Gasteiger partial charge in [0.25, 0.3) is 0 Å². The standard InChI is InChI=1S/C22H31ClN4O3S/c1-4-7-14-24-20-13-12-17(31(29,30)27(5-2)6-3)15-21(20)25-16-22(28)26-19-11-9-8-10-18(19)23/h8-13,15,24-25H,4-7,14,16H2,1-3H3,(H,26,28). The Morgan fingerprint density at radius 2 is 1.68 bits per heavy atom. The van der Waals surface area contributed by atoms with Crippen LogP contribution in [0.3, 0.4) is 0 Å². The predicted octanol–water partition coefficient (Wildman–Crippen LogP) is 4.63. The van der Waals surface area contributed by atoms with E-state index >= 15 is 0 Å². The van der Waals surface area contributed by atoms with E-state index in [0.717, 1.165) is 25.1 Å². The van der Waals surface area contributed by atoms with Gasteiger partial charge < -0.3 is 16.0 Å². The minimum absolute atomic E-state index is 0.0392. The van der Waals surface area contributed by atoms with Gasteiger partial charge in [-0.3, -0.25) is 4.79 Å². The highest BCUT2D eigenvalue weighted by molar-refractivity contribution is 7.89. The SMILES string of the molecule is CCCCNc1ccc(S(=O)(=O)N(CC)CC)cc1NCC(=O)Nc1ccccc1Cl. The highest BCUT2D eigenvalue weighted by Crippen LogP contribution is 2.27. The number of nitrogens with zero attached hydrogens (tertiary/aromatic N) is 1. The first kappa shape index (κ1) is 25.0. The molecular weight excluding hydrogens is 436 g/mol. The molecule has 170 valence electrons. The first-order valence-electron chi connectivity index (χ1n) is 10.5. The van der Waals surface area contributed by atoms with Gasteiger partial charge in [-0.1, -0.05) is 50.9 Å². The number of amides is 1. The van der Waals surface area contributed by atoms with Gasteiger partial charge in [0, 0.05) is 19.6 Å². The molecule has 0 aliphatic rings. The van der Waals surface area contributed by atoms with Gasteiger partial charge in [-0.15, -0.1) is 0 Å². The van der Waals surface area contributed by atoms with Crippen molar-refractivity contribution in [1.82, 2.24) is 4.31 Å². The molecule has 7 nitrogen and oxygen atoms in total. The van der Waals surface area contributed by atoms with Crippen molar-refractivity contribution in [2.45, 2.75) is 38.5 Å². The number of carbonyl (C=O) groups excluding carboxylic acids is 1. The van der Waals surface area contributed by atoms with Gasteiger partial charge in [-0.2, -0.15) is 4.31 Å². The van der Waals surface area contributed by atoms with Gasteiger partial charge in [0.15, 0.2) is 0 Å². The van der Waals surface area contributed by atoms with E-state index in [9.17, 15) is 13.2 Å². The molecule has 0 aromatic heterocycles. The van der Waals surface area contributed by atoms with E-state index in [-0.39, 0.29) is 17.3 Å². The summed E-state index contributed by atoms with van der Waals surface area (Å²) >= 11 is 6.09. The number of hydrogen-bond acceptors (Lipinski definition) is 5. The lowest BCUT2D eigenvalue weighted by Gasteiger charge is -2.20. The Labute approximate surface area is 190 Å². The van der Waals surface area contributed by atoms with Crippen LogP contribution in [0.25, 0.3) is 0 Å². The van der Waals surface area contributed by atoms with Crippen LogP contribution < -0.4 is 16.0 Å². The zero-order valence-electron chi connectivity index (χ0n) is 18.2. The van der Waals surface area contributed by atoms with Crippen LogP contribution >= 0.6 is 11.6 Å². The van der Waals surface area contributed by atoms with E-state index < -0.39 is 10.0 Å². The first-order valence-corrected chi connectivity index (χ1v) is 12.3. The van der Waals surface area contributed by atoms with E-state index in [1.807, 2.05) is 0 Å². The fourth-order valence-corrected chi connectivity index (χ4v) is 4.70. The molecule has 31 heavy (non-hydrogen) atoms. The summed E-state index contributed by atoms with van der Waals surface area (Å²) < 4.78 is 27.2. The highest BCUT2D eigenvalue weighted by atomic mass is 35.5. The largest absolute Gasteiger partial charge is 0.383 e. The van der Waals surface area contributed by atoms with Crippen molar-refractivity contribution in [2.75, 3.05) is 42.1 Å². The topological polar surface area (TPSA) is 90.5 Å². The summed E-state index contributed by atoms with van der Waals surface area (Å²) in [6.45, 7) is 7.19. The van der Waals surface area contributed by atoms with Gasteiger partial charge in [0.05, 0.1) is 33.5 Å².